The lowest BCUT2D eigenvalue weighted by atomic mass is 10.0. The molecule has 1 aliphatic carbocycles. The molecule has 1 aliphatic rings. The molecule has 0 amide bonds. The molecule has 6 nitrogen and oxygen atoms in total. The van der Waals surface area contributed by atoms with Crippen LogP contribution in [0.1, 0.15) is 18.4 Å². The van der Waals surface area contributed by atoms with Gasteiger partial charge in [0.1, 0.15) is 17.3 Å². The number of hydrogen-bond donors (Lipinski definition) is 1. The molecule has 0 saturated heterocycles. The molecule has 4 aromatic heterocycles. The van der Waals surface area contributed by atoms with Crippen LogP contribution in [0.3, 0.4) is 0 Å². The topological polar surface area (TPSA) is 60.0 Å². The first kappa shape index (κ1) is 20.9. The van der Waals surface area contributed by atoms with Crippen molar-refractivity contribution < 1.29 is 4.39 Å². The predicted octanol–water partition coefficient (Wildman–Crippen LogP) is 6.13. The SMILES string of the molecule is Cc1cc(F)ccc1-c1cc(-c2cnc3cc(-c4cnn(C)c4)ccn23)cc(NSC2CC2)n1. The molecule has 1 saturated carbocycles. The number of hydrogen-bond acceptors (Lipinski definition) is 5. The van der Waals surface area contributed by atoms with E-state index in [1.807, 2.05) is 44.8 Å². The number of anilines is 1. The second-order valence-electron chi connectivity index (χ2n) is 8.69. The molecule has 0 atom stereocenters. The fourth-order valence-electron chi connectivity index (χ4n) is 4.06. The molecule has 1 fully saturated rings. The van der Waals surface area contributed by atoms with Crippen LogP contribution >= 0.6 is 11.9 Å². The van der Waals surface area contributed by atoms with Gasteiger partial charge in [0.15, 0.2) is 0 Å². The number of fused-ring (bicyclic) bond motifs is 1. The number of halogens is 1. The van der Waals surface area contributed by atoms with Gasteiger partial charge in [-0.05, 0) is 85.3 Å². The van der Waals surface area contributed by atoms with Gasteiger partial charge in [0.05, 0.1) is 23.8 Å². The molecular weight excluding hydrogens is 447 g/mol. The highest BCUT2D eigenvalue weighted by atomic mass is 32.2. The summed E-state index contributed by atoms with van der Waals surface area (Å²) in [5, 5.41) is 4.91. The fourth-order valence-corrected chi connectivity index (χ4v) is 4.82. The van der Waals surface area contributed by atoms with E-state index in [1.54, 1.807) is 28.8 Å². The van der Waals surface area contributed by atoms with Crippen molar-refractivity contribution in [3.05, 3.63) is 78.6 Å². The first-order valence-electron chi connectivity index (χ1n) is 11.2. The van der Waals surface area contributed by atoms with Crippen molar-refractivity contribution in [1.29, 1.82) is 0 Å². The Hall–Kier alpha value is -3.65. The zero-order valence-corrected chi connectivity index (χ0v) is 19.7. The molecule has 8 heteroatoms. The van der Waals surface area contributed by atoms with Crippen LogP contribution in [-0.2, 0) is 7.05 Å². The van der Waals surface area contributed by atoms with Gasteiger partial charge >= 0.3 is 0 Å². The Morgan fingerprint density at radius 1 is 1.03 bits per heavy atom. The molecule has 1 N–H and O–H groups in total. The Morgan fingerprint density at radius 2 is 1.91 bits per heavy atom. The Bertz CT molecular complexity index is 1520. The third-order valence-corrected chi connectivity index (χ3v) is 7.12. The van der Waals surface area contributed by atoms with E-state index in [1.165, 1.54) is 18.9 Å². The zero-order valence-electron chi connectivity index (χ0n) is 18.9. The largest absolute Gasteiger partial charge is 0.314 e. The Labute approximate surface area is 201 Å². The maximum Gasteiger partial charge on any atom is 0.137 e. The minimum absolute atomic E-state index is 0.244. The second-order valence-corrected chi connectivity index (χ2v) is 9.80. The molecule has 0 radical (unpaired) electrons. The van der Waals surface area contributed by atoms with Gasteiger partial charge in [-0.3, -0.25) is 9.08 Å². The Balaban J connectivity index is 1.44. The third-order valence-electron chi connectivity index (χ3n) is 5.99. The molecule has 0 aliphatic heterocycles. The summed E-state index contributed by atoms with van der Waals surface area (Å²) in [5.41, 5.74) is 7.50. The van der Waals surface area contributed by atoms with Crippen LogP contribution in [0.2, 0.25) is 0 Å². The van der Waals surface area contributed by atoms with Gasteiger partial charge in [-0.25, -0.2) is 14.4 Å². The summed E-state index contributed by atoms with van der Waals surface area (Å²) in [6, 6.07) is 13.1. The number of imidazole rings is 1. The van der Waals surface area contributed by atoms with Gasteiger partial charge in [-0.15, -0.1) is 0 Å². The van der Waals surface area contributed by atoms with Crippen LogP contribution in [0.4, 0.5) is 10.2 Å². The van der Waals surface area contributed by atoms with Crippen LogP contribution in [0.15, 0.2) is 67.3 Å². The highest BCUT2D eigenvalue weighted by Gasteiger charge is 2.22. The van der Waals surface area contributed by atoms with Gasteiger partial charge < -0.3 is 4.72 Å². The van der Waals surface area contributed by atoms with E-state index in [4.69, 9.17) is 4.98 Å². The average Bonchev–Trinajstić information content (AvgIpc) is 3.40. The summed E-state index contributed by atoms with van der Waals surface area (Å²) in [6.45, 7) is 1.91. The van der Waals surface area contributed by atoms with E-state index < -0.39 is 0 Å². The van der Waals surface area contributed by atoms with Crippen molar-refractivity contribution in [3.63, 3.8) is 0 Å². The van der Waals surface area contributed by atoms with Crippen LogP contribution in [0, 0.1) is 12.7 Å². The molecule has 6 rings (SSSR count). The maximum absolute atomic E-state index is 13.7. The van der Waals surface area contributed by atoms with Gasteiger partial charge in [0, 0.05) is 41.4 Å². The summed E-state index contributed by atoms with van der Waals surface area (Å²) in [7, 11) is 1.91. The monoisotopic (exact) mass is 470 g/mol. The van der Waals surface area contributed by atoms with Gasteiger partial charge in [0.25, 0.3) is 0 Å². The second kappa shape index (κ2) is 8.29. The highest BCUT2D eigenvalue weighted by molar-refractivity contribution is 8.01. The minimum Gasteiger partial charge on any atom is -0.314 e. The molecule has 0 bridgehead atoms. The van der Waals surface area contributed by atoms with Crippen LogP contribution in [0.5, 0.6) is 0 Å². The Kier molecular flexibility index (Phi) is 5.10. The molecular formula is C26H23FN6S. The number of pyridine rings is 2. The van der Waals surface area contributed by atoms with E-state index in [0.29, 0.717) is 5.25 Å². The molecule has 170 valence electrons. The smallest absolute Gasteiger partial charge is 0.137 e. The number of nitrogens with zero attached hydrogens (tertiary/aromatic N) is 5. The number of aromatic nitrogens is 5. The van der Waals surface area contributed by atoms with Crippen LogP contribution in [0.25, 0.3) is 39.3 Å². The lowest BCUT2D eigenvalue weighted by Crippen LogP contribution is -1.98. The molecule has 34 heavy (non-hydrogen) atoms. The predicted molar refractivity (Wildman–Crippen MR) is 135 cm³/mol. The summed E-state index contributed by atoms with van der Waals surface area (Å²) >= 11 is 1.71. The van der Waals surface area contributed by atoms with Crippen molar-refractivity contribution in [2.75, 3.05) is 4.72 Å². The van der Waals surface area contributed by atoms with Crippen molar-refractivity contribution >= 4 is 23.4 Å². The van der Waals surface area contributed by atoms with Crippen LogP contribution < -0.4 is 4.72 Å². The number of rotatable bonds is 6. The standard InChI is InChI=1S/C26H23FN6S/c1-16-9-20(27)3-6-22(16)23-10-18(11-25(30-23)31-34-21-4-5-21)24-14-28-26-12-17(7-8-33(24)26)19-13-29-32(2)15-19/h3,6-15,21H,4-5H2,1-2H3,(H,30,31). The van der Waals surface area contributed by atoms with E-state index in [9.17, 15) is 4.39 Å². The molecule has 1 aromatic carbocycles. The normalized spacial score (nSPS) is 13.5. The number of nitrogens with one attached hydrogen (secondary N) is 1. The first-order valence-corrected chi connectivity index (χ1v) is 12.1. The Morgan fingerprint density at radius 3 is 2.68 bits per heavy atom. The fraction of sp³-hybridized carbons (Fsp3) is 0.192. The van der Waals surface area contributed by atoms with Crippen molar-refractivity contribution in [2.24, 2.45) is 7.05 Å². The summed E-state index contributed by atoms with van der Waals surface area (Å²) in [5.74, 6) is 0.543. The lowest BCUT2D eigenvalue weighted by molar-refractivity contribution is 0.627. The maximum atomic E-state index is 13.7. The summed E-state index contributed by atoms with van der Waals surface area (Å²) in [6.07, 6.45) is 10.2. The number of benzene rings is 1. The molecule has 5 aromatic rings. The van der Waals surface area contributed by atoms with Gasteiger partial charge in [-0.2, -0.15) is 5.10 Å². The minimum atomic E-state index is -0.244. The first-order chi connectivity index (χ1) is 16.5. The summed E-state index contributed by atoms with van der Waals surface area (Å²) < 4.78 is 21.0. The van der Waals surface area contributed by atoms with E-state index >= 15 is 0 Å². The van der Waals surface area contributed by atoms with Gasteiger partial charge in [0.2, 0.25) is 0 Å². The average molecular weight is 471 g/mol. The molecule has 4 heterocycles. The van der Waals surface area contributed by atoms with E-state index in [-0.39, 0.29) is 5.82 Å². The van der Waals surface area contributed by atoms with Crippen molar-refractivity contribution in [2.45, 2.75) is 25.0 Å². The van der Waals surface area contributed by atoms with Crippen LogP contribution in [-0.4, -0.2) is 29.4 Å². The highest BCUT2D eigenvalue weighted by Crippen LogP contribution is 2.36. The van der Waals surface area contributed by atoms with E-state index in [2.05, 4.69) is 37.4 Å². The quantitative estimate of drug-likeness (QED) is 0.302. The van der Waals surface area contributed by atoms with Crippen molar-refractivity contribution in [1.82, 2.24) is 24.1 Å². The van der Waals surface area contributed by atoms with Gasteiger partial charge in [-0.1, -0.05) is 0 Å². The molecule has 0 unspecified atom stereocenters. The number of aryl methyl sites for hydroxylation is 2. The zero-order chi connectivity index (χ0) is 23.2. The van der Waals surface area contributed by atoms with Crippen molar-refractivity contribution in [3.8, 4) is 33.6 Å². The third kappa shape index (κ3) is 4.05. The summed E-state index contributed by atoms with van der Waals surface area (Å²) in [4.78, 5) is 9.52. The van der Waals surface area contributed by atoms with E-state index in [0.717, 1.165) is 50.7 Å². The lowest BCUT2D eigenvalue weighted by Gasteiger charge is -2.12. The molecule has 0 spiro atoms.